The van der Waals surface area contributed by atoms with Gasteiger partial charge >= 0.3 is 0 Å². The molecule has 1 heterocycles. The Morgan fingerprint density at radius 3 is 2.48 bits per heavy atom. The molecule has 8 heteroatoms. The fourth-order valence-corrected chi connectivity index (χ4v) is 5.46. The number of H-pyrrole nitrogens is 1. The monoisotopic (exact) mass is 477 g/mol. The van der Waals surface area contributed by atoms with E-state index >= 15 is 0 Å². The van der Waals surface area contributed by atoms with E-state index in [1.165, 1.54) is 18.2 Å². The largest absolute Gasteiger partial charge is 0.356 e. The second kappa shape index (κ2) is 9.10. The molecule has 0 bridgehead atoms. The number of benzene rings is 3. The van der Waals surface area contributed by atoms with Crippen molar-refractivity contribution in [2.24, 2.45) is 0 Å². The van der Waals surface area contributed by atoms with Gasteiger partial charge in [0.2, 0.25) is 9.84 Å². The van der Waals surface area contributed by atoms with E-state index in [1.807, 2.05) is 17.0 Å². The summed E-state index contributed by atoms with van der Waals surface area (Å²) in [5, 5.41) is 0.670. The molecule has 0 radical (unpaired) electrons. The minimum atomic E-state index is -3.77. The van der Waals surface area contributed by atoms with Crippen molar-refractivity contribution in [2.75, 3.05) is 11.4 Å². The molecule has 0 fully saturated rings. The first-order valence-corrected chi connectivity index (χ1v) is 11.9. The average Bonchev–Trinajstić information content (AvgIpc) is 2.79. The van der Waals surface area contributed by atoms with Gasteiger partial charge in [0.05, 0.1) is 32.3 Å². The number of halogens is 1. The third kappa shape index (κ3) is 4.49. The molecule has 1 N–H and O–H groups in total. The highest BCUT2D eigenvalue weighted by atomic mass is 35.5. The van der Waals surface area contributed by atoms with Gasteiger partial charge in [0.15, 0.2) is 0 Å². The van der Waals surface area contributed by atoms with E-state index in [-0.39, 0.29) is 26.9 Å². The number of nitrogens with one attached hydrogen (secondary N) is 1. The molecule has 0 saturated carbocycles. The lowest BCUT2D eigenvalue weighted by molar-refractivity contribution is 0.596. The zero-order chi connectivity index (χ0) is 23.6. The summed E-state index contributed by atoms with van der Waals surface area (Å²) in [4.78, 5) is 21.8. The molecular formula is C25H20ClN3O3S. The third-order valence-corrected chi connectivity index (χ3v) is 7.49. The number of hydrogen-bond donors (Lipinski definition) is 1. The van der Waals surface area contributed by atoms with Crippen LogP contribution in [0.3, 0.4) is 0 Å². The number of sulfone groups is 1. The molecule has 33 heavy (non-hydrogen) atoms. The molecule has 166 valence electrons. The van der Waals surface area contributed by atoms with Gasteiger partial charge in [-0.2, -0.15) is 0 Å². The summed E-state index contributed by atoms with van der Waals surface area (Å²) >= 11 is 6.10. The predicted octanol–water partition coefficient (Wildman–Crippen LogP) is 4.36. The quantitative estimate of drug-likeness (QED) is 0.417. The summed E-state index contributed by atoms with van der Waals surface area (Å²) in [7, 11) is -3.77. The molecule has 0 aliphatic carbocycles. The fraction of sp³-hybridized carbons (Fsp3) is 0.120. The van der Waals surface area contributed by atoms with E-state index in [0.29, 0.717) is 23.3 Å². The minimum Gasteiger partial charge on any atom is -0.356 e. The van der Waals surface area contributed by atoms with Crippen LogP contribution in [0.2, 0.25) is 5.02 Å². The molecule has 3 aromatic carbocycles. The smallest absolute Gasteiger partial charge is 0.259 e. The lowest BCUT2D eigenvalue weighted by Crippen LogP contribution is -2.24. The van der Waals surface area contributed by atoms with E-state index in [9.17, 15) is 13.2 Å². The molecule has 0 aliphatic heterocycles. The molecule has 0 aliphatic rings. The molecule has 0 saturated heterocycles. The highest BCUT2D eigenvalue weighted by Gasteiger charge is 2.21. The molecule has 0 atom stereocenters. The number of terminal acetylenes is 1. The van der Waals surface area contributed by atoms with Gasteiger partial charge in [-0.05, 0) is 55.0 Å². The SMILES string of the molecule is C#CCN(Cc1cccc2nc(C)[nH]c(=O)c12)c1ccc(S(=O)(=O)c2ccccc2Cl)cc1. The molecular weight excluding hydrogens is 458 g/mol. The van der Waals surface area contributed by atoms with Gasteiger partial charge in [0, 0.05) is 12.2 Å². The maximum absolute atomic E-state index is 13.0. The lowest BCUT2D eigenvalue weighted by Gasteiger charge is -2.23. The van der Waals surface area contributed by atoms with Crippen molar-refractivity contribution in [3.05, 3.63) is 93.5 Å². The van der Waals surface area contributed by atoms with Crippen molar-refractivity contribution >= 4 is 38.0 Å². The third-order valence-electron chi connectivity index (χ3n) is 5.22. The van der Waals surface area contributed by atoms with Gasteiger partial charge in [-0.1, -0.05) is 41.8 Å². The number of anilines is 1. The average molecular weight is 478 g/mol. The predicted molar refractivity (Wildman–Crippen MR) is 130 cm³/mol. The number of aromatic amines is 1. The Morgan fingerprint density at radius 1 is 1.06 bits per heavy atom. The molecule has 0 unspecified atom stereocenters. The van der Waals surface area contributed by atoms with E-state index in [1.54, 1.807) is 43.3 Å². The van der Waals surface area contributed by atoms with Crippen LogP contribution in [-0.2, 0) is 16.4 Å². The van der Waals surface area contributed by atoms with Gasteiger partial charge in [0.25, 0.3) is 5.56 Å². The number of rotatable bonds is 6. The number of aryl methyl sites for hydroxylation is 1. The van der Waals surface area contributed by atoms with Crippen LogP contribution in [0, 0.1) is 19.3 Å². The Balaban J connectivity index is 1.69. The van der Waals surface area contributed by atoms with Crippen LogP contribution >= 0.6 is 11.6 Å². The number of fused-ring (bicyclic) bond motifs is 1. The summed E-state index contributed by atoms with van der Waals surface area (Å²) in [5.41, 5.74) is 1.88. The summed E-state index contributed by atoms with van der Waals surface area (Å²) in [6, 6.07) is 18.3. The Kier molecular flexibility index (Phi) is 6.23. The van der Waals surface area contributed by atoms with Gasteiger partial charge in [-0.15, -0.1) is 6.42 Å². The summed E-state index contributed by atoms with van der Waals surface area (Å²) < 4.78 is 26.0. The Labute approximate surface area is 196 Å². The van der Waals surface area contributed by atoms with Crippen molar-refractivity contribution < 1.29 is 8.42 Å². The number of aromatic nitrogens is 2. The summed E-state index contributed by atoms with van der Waals surface area (Å²) in [5.74, 6) is 3.17. The molecule has 0 spiro atoms. The van der Waals surface area contributed by atoms with E-state index < -0.39 is 9.84 Å². The van der Waals surface area contributed by atoms with E-state index in [4.69, 9.17) is 18.0 Å². The molecule has 1 aromatic heterocycles. The van der Waals surface area contributed by atoms with Crippen LogP contribution in [0.25, 0.3) is 10.9 Å². The molecule has 4 aromatic rings. The standard InChI is InChI=1S/C25H20ClN3O3S/c1-3-15-29(16-18-7-6-9-22-24(18)25(30)28-17(2)27-22)19-11-13-20(14-12-19)33(31,32)23-10-5-4-8-21(23)26/h1,4-14H,15-16H2,2H3,(H,27,28,30). The van der Waals surface area contributed by atoms with Crippen LogP contribution < -0.4 is 10.5 Å². The second-order valence-electron chi connectivity index (χ2n) is 7.45. The molecule has 6 nitrogen and oxygen atoms in total. The Bertz CT molecular complexity index is 1540. The Hall–Kier alpha value is -3.60. The normalized spacial score (nSPS) is 11.3. The maximum atomic E-state index is 13.0. The fourth-order valence-electron chi connectivity index (χ4n) is 3.69. The van der Waals surface area contributed by atoms with Gasteiger partial charge < -0.3 is 9.88 Å². The molecule has 4 rings (SSSR count). The van der Waals surface area contributed by atoms with Gasteiger partial charge in [0.1, 0.15) is 5.82 Å². The van der Waals surface area contributed by atoms with Gasteiger partial charge in [-0.3, -0.25) is 4.79 Å². The van der Waals surface area contributed by atoms with Crippen molar-refractivity contribution in [3.8, 4) is 12.3 Å². The van der Waals surface area contributed by atoms with Crippen LogP contribution in [0.15, 0.2) is 81.3 Å². The van der Waals surface area contributed by atoms with Gasteiger partial charge in [-0.25, -0.2) is 13.4 Å². The lowest BCUT2D eigenvalue weighted by atomic mass is 10.1. The van der Waals surface area contributed by atoms with Crippen molar-refractivity contribution in [3.63, 3.8) is 0 Å². The molecule has 0 amide bonds. The highest BCUT2D eigenvalue weighted by Crippen LogP contribution is 2.29. The summed E-state index contributed by atoms with van der Waals surface area (Å²) in [6.07, 6.45) is 5.59. The number of hydrogen-bond acceptors (Lipinski definition) is 5. The highest BCUT2D eigenvalue weighted by molar-refractivity contribution is 7.91. The Morgan fingerprint density at radius 2 is 1.79 bits per heavy atom. The van der Waals surface area contributed by atoms with E-state index in [2.05, 4.69) is 15.9 Å². The first-order valence-electron chi connectivity index (χ1n) is 10.1. The van der Waals surface area contributed by atoms with Crippen LogP contribution in [0.5, 0.6) is 0 Å². The topological polar surface area (TPSA) is 83.1 Å². The summed E-state index contributed by atoms with van der Waals surface area (Å²) in [6.45, 7) is 2.35. The minimum absolute atomic E-state index is 0.0534. The zero-order valence-corrected chi connectivity index (χ0v) is 19.3. The zero-order valence-electron chi connectivity index (χ0n) is 17.7. The number of nitrogens with zero attached hydrogens (tertiary/aromatic N) is 2. The van der Waals surface area contributed by atoms with Crippen LogP contribution in [0.4, 0.5) is 5.69 Å². The first kappa shape index (κ1) is 22.6. The van der Waals surface area contributed by atoms with Crippen LogP contribution in [0.1, 0.15) is 11.4 Å². The van der Waals surface area contributed by atoms with Crippen LogP contribution in [-0.4, -0.2) is 24.9 Å². The van der Waals surface area contributed by atoms with Crippen molar-refractivity contribution in [2.45, 2.75) is 23.3 Å². The second-order valence-corrected chi connectivity index (χ2v) is 9.78. The van der Waals surface area contributed by atoms with E-state index in [0.717, 1.165) is 11.3 Å². The maximum Gasteiger partial charge on any atom is 0.259 e. The van der Waals surface area contributed by atoms with Crippen molar-refractivity contribution in [1.29, 1.82) is 0 Å². The first-order chi connectivity index (χ1) is 15.8. The van der Waals surface area contributed by atoms with Crippen molar-refractivity contribution in [1.82, 2.24) is 9.97 Å².